The lowest BCUT2D eigenvalue weighted by Crippen LogP contribution is -2.49. The molecule has 8 nitrogen and oxygen atoms in total. The molecule has 0 heterocycles. The molecule has 4 atom stereocenters. The standard InChI is InChI=1S/C12H22N2O6/c1-5-11(7(3)15,9(17)18)13-14-12(6-2,8(4)16)10(19)20/h7-8,15-16H,5-6H2,1-4H3,(H,17,18)(H,19,20)/b14-13+. The lowest BCUT2D eigenvalue weighted by Gasteiger charge is -2.30. The highest BCUT2D eigenvalue weighted by Crippen LogP contribution is 2.28. The van der Waals surface area contributed by atoms with Crippen molar-refractivity contribution in [3.05, 3.63) is 0 Å². The number of carboxylic acids is 2. The van der Waals surface area contributed by atoms with Crippen LogP contribution in [0.4, 0.5) is 0 Å². The Balaban J connectivity index is 5.82. The van der Waals surface area contributed by atoms with Gasteiger partial charge in [0.2, 0.25) is 11.1 Å². The van der Waals surface area contributed by atoms with E-state index in [-0.39, 0.29) is 12.8 Å². The molecule has 4 unspecified atom stereocenters. The van der Waals surface area contributed by atoms with Gasteiger partial charge in [-0.1, -0.05) is 13.8 Å². The molecule has 0 fully saturated rings. The van der Waals surface area contributed by atoms with Crippen molar-refractivity contribution < 1.29 is 30.0 Å². The molecule has 0 aromatic carbocycles. The van der Waals surface area contributed by atoms with Crippen LogP contribution < -0.4 is 0 Å². The second-order valence-electron chi connectivity index (χ2n) is 4.72. The van der Waals surface area contributed by atoms with E-state index in [2.05, 4.69) is 10.2 Å². The van der Waals surface area contributed by atoms with E-state index in [4.69, 9.17) is 0 Å². The molecule has 0 aliphatic heterocycles. The second-order valence-corrected chi connectivity index (χ2v) is 4.72. The Kier molecular flexibility index (Phi) is 6.24. The third-order valence-electron chi connectivity index (χ3n) is 3.61. The summed E-state index contributed by atoms with van der Waals surface area (Å²) in [6, 6.07) is 0. The van der Waals surface area contributed by atoms with Crippen LogP contribution >= 0.6 is 0 Å². The average molecular weight is 290 g/mol. The number of aliphatic carboxylic acids is 2. The van der Waals surface area contributed by atoms with Crippen LogP contribution in [0.1, 0.15) is 40.5 Å². The van der Waals surface area contributed by atoms with E-state index >= 15 is 0 Å². The fourth-order valence-corrected chi connectivity index (χ4v) is 1.82. The highest BCUT2D eigenvalue weighted by atomic mass is 16.4. The van der Waals surface area contributed by atoms with Gasteiger partial charge in [0.1, 0.15) is 0 Å². The van der Waals surface area contributed by atoms with Crippen molar-refractivity contribution in [3.63, 3.8) is 0 Å². The topological polar surface area (TPSA) is 140 Å². The van der Waals surface area contributed by atoms with Crippen molar-refractivity contribution in [3.8, 4) is 0 Å². The Labute approximate surface area is 117 Å². The van der Waals surface area contributed by atoms with Crippen LogP contribution in [-0.2, 0) is 9.59 Å². The zero-order valence-electron chi connectivity index (χ0n) is 12.1. The van der Waals surface area contributed by atoms with Crippen LogP contribution in [0.3, 0.4) is 0 Å². The smallest absolute Gasteiger partial charge is 0.336 e. The minimum Gasteiger partial charge on any atom is -0.479 e. The van der Waals surface area contributed by atoms with Gasteiger partial charge in [-0.2, -0.15) is 10.2 Å². The summed E-state index contributed by atoms with van der Waals surface area (Å²) in [4.78, 5) is 22.6. The number of hydrogen-bond acceptors (Lipinski definition) is 6. The highest BCUT2D eigenvalue weighted by molar-refractivity contribution is 5.81. The van der Waals surface area contributed by atoms with E-state index < -0.39 is 35.2 Å². The molecule has 0 amide bonds. The maximum Gasteiger partial charge on any atom is 0.336 e. The number of nitrogens with zero attached hydrogens (tertiary/aromatic N) is 2. The summed E-state index contributed by atoms with van der Waals surface area (Å²) in [6.45, 7) is 5.48. The van der Waals surface area contributed by atoms with E-state index in [0.717, 1.165) is 0 Å². The van der Waals surface area contributed by atoms with Crippen LogP contribution in [0.2, 0.25) is 0 Å². The molecule has 8 heteroatoms. The molecule has 0 spiro atoms. The van der Waals surface area contributed by atoms with Gasteiger partial charge in [0, 0.05) is 0 Å². The normalized spacial score (nSPS) is 20.9. The molecular weight excluding hydrogens is 268 g/mol. The summed E-state index contributed by atoms with van der Waals surface area (Å²) in [5.41, 5.74) is -3.85. The van der Waals surface area contributed by atoms with Gasteiger partial charge in [-0.15, -0.1) is 0 Å². The Bertz CT molecular complexity index is 359. The van der Waals surface area contributed by atoms with Gasteiger partial charge in [-0.25, -0.2) is 9.59 Å². The molecule has 116 valence electrons. The van der Waals surface area contributed by atoms with Crippen LogP contribution in [0.15, 0.2) is 10.2 Å². The fourth-order valence-electron chi connectivity index (χ4n) is 1.82. The van der Waals surface area contributed by atoms with Gasteiger partial charge in [-0.3, -0.25) is 0 Å². The van der Waals surface area contributed by atoms with Crippen molar-refractivity contribution >= 4 is 11.9 Å². The molecule has 0 aliphatic rings. The number of aliphatic hydroxyl groups is 2. The first kappa shape index (κ1) is 18.5. The number of hydrogen-bond donors (Lipinski definition) is 4. The molecular formula is C12H22N2O6. The van der Waals surface area contributed by atoms with Crippen LogP contribution in [0.5, 0.6) is 0 Å². The van der Waals surface area contributed by atoms with Crippen LogP contribution in [0.25, 0.3) is 0 Å². The van der Waals surface area contributed by atoms with Gasteiger partial charge in [0.15, 0.2) is 0 Å². The van der Waals surface area contributed by atoms with E-state index in [9.17, 15) is 30.0 Å². The van der Waals surface area contributed by atoms with Crippen LogP contribution in [0, 0.1) is 0 Å². The van der Waals surface area contributed by atoms with Crippen molar-refractivity contribution in [1.29, 1.82) is 0 Å². The van der Waals surface area contributed by atoms with E-state index in [0.29, 0.717) is 0 Å². The third-order valence-corrected chi connectivity index (χ3v) is 3.61. The fraction of sp³-hybridized carbons (Fsp3) is 0.833. The number of carbonyl (C=O) groups is 2. The molecule has 0 saturated heterocycles. The number of aliphatic hydroxyl groups excluding tert-OH is 2. The number of rotatable bonds is 8. The lowest BCUT2D eigenvalue weighted by atomic mass is 9.90. The summed E-state index contributed by atoms with van der Waals surface area (Å²) in [7, 11) is 0. The molecule has 0 saturated carbocycles. The van der Waals surface area contributed by atoms with Gasteiger partial charge in [0.05, 0.1) is 12.2 Å². The minimum atomic E-state index is -1.93. The molecule has 4 N–H and O–H groups in total. The first-order valence-corrected chi connectivity index (χ1v) is 6.37. The molecule has 0 rings (SSSR count). The highest BCUT2D eigenvalue weighted by Gasteiger charge is 2.47. The summed E-state index contributed by atoms with van der Waals surface area (Å²) in [5, 5.41) is 44.9. The van der Waals surface area contributed by atoms with Crippen molar-refractivity contribution in [2.24, 2.45) is 10.2 Å². The zero-order chi connectivity index (χ0) is 16.1. The largest absolute Gasteiger partial charge is 0.479 e. The predicted molar refractivity (Wildman–Crippen MR) is 69.5 cm³/mol. The van der Waals surface area contributed by atoms with Gasteiger partial charge in [-0.05, 0) is 26.7 Å². The molecule has 20 heavy (non-hydrogen) atoms. The lowest BCUT2D eigenvalue weighted by molar-refractivity contribution is -0.151. The van der Waals surface area contributed by atoms with Crippen molar-refractivity contribution in [1.82, 2.24) is 0 Å². The molecule has 0 radical (unpaired) electrons. The quantitative estimate of drug-likeness (QED) is 0.484. The van der Waals surface area contributed by atoms with Gasteiger partial charge in [0.25, 0.3) is 0 Å². The van der Waals surface area contributed by atoms with Crippen LogP contribution in [-0.4, -0.2) is 55.7 Å². The summed E-state index contributed by atoms with van der Waals surface area (Å²) >= 11 is 0. The SMILES string of the molecule is CCC(/N=N/C(CC)(C(=O)O)C(C)O)(C(=O)O)C(C)O. The number of carboxylic acid groups (broad SMARTS) is 2. The first-order chi connectivity index (χ1) is 9.10. The summed E-state index contributed by atoms with van der Waals surface area (Å²) < 4.78 is 0. The van der Waals surface area contributed by atoms with E-state index in [1.807, 2.05) is 0 Å². The molecule has 0 aliphatic carbocycles. The number of azo groups is 1. The predicted octanol–water partition coefficient (Wildman–Crippen LogP) is 0.667. The third kappa shape index (κ3) is 3.13. The molecule has 0 bridgehead atoms. The van der Waals surface area contributed by atoms with E-state index in [1.54, 1.807) is 0 Å². The van der Waals surface area contributed by atoms with Gasteiger partial charge >= 0.3 is 11.9 Å². The van der Waals surface area contributed by atoms with Crippen molar-refractivity contribution in [2.45, 2.75) is 63.8 Å². The maximum atomic E-state index is 11.3. The molecule has 0 aromatic rings. The second kappa shape index (κ2) is 6.76. The Morgan fingerprint density at radius 2 is 1.15 bits per heavy atom. The minimum absolute atomic E-state index is 0.0667. The molecule has 0 aromatic heterocycles. The van der Waals surface area contributed by atoms with Crippen molar-refractivity contribution in [2.75, 3.05) is 0 Å². The average Bonchev–Trinajstić information content (AvgIpc) is 2.33. The Hall–Kier alpha value is -1.54. The summed E-state index contributed by atoms with van der Waals surface area (Å²) in [5.74, 6) is -2.81. The summed E-state index contributed by atoms with van der Waals surface area (Å²) in [6.07, 6.45) is -2.84. The Morgan fingerprint density at radius 3 is 1.25 bits per heavy atom. The van der Waals surface area contributed by atoms with Gasteiger partial charge < -0.3 is 20.4 Å². The van der Waals surface area contributed by atoms with E-state index in [1.165, 1.54) is 27.7 Å². The maximum absolute atomic E-state index is 11.3. The zero-order valence-corrected chi connectivity index (χ0v) is 12.1. The first-order valence-electron chi connectivity index (χ1n) is 6.37. The Morgan fingerprint density at radius 1 is 0.900 bits per heavy atom. The monoisotopic (exact) mass is 290 g/mol.